The van der Waals surface area contributed by atoms with Gasteiger partial charge < -0.3 is 5.73 Å². The molecule has 0 fully saturated rings. The number of aromatic nitrogens is 2. The van der Waals surface area contributed by atoms with Crippen LogP contribution in [0.3, 0.4) is 0 Å². The molecule has 0 spiro atoms. The Morgan fingerprint density at radius 1 is 1.35 bits per heavy atom. The lowest BCUT2D eigenvalue weighted by Crippen LogP contribution is -2.01. The average Bonchev–Trinajstić information content (AvgIpc) is 2.68. The first-order valence-corrected chi connectivity index (χ1v) is 6.60. The Morgan fingerprint density at radius 3 is 2.88 bits per heavy atom. The van der Waals surface area contributed by atoms with E-state index in [0.717, 1.165) is 28.7 Å². The van der Waals surface area contributed by atoms with Crippen molar-refractivity contribution in [3.8, 4) is 5.69 Å². The van der Waals surface area contributed by atoms with E-state index in [1.807, 2.05) is 30.3 Å². The topological polar surface area (TPSA) is 43.8 Å². The summed E-state index contributed by atoms with van der Waals surface area (Å²) in [4.78, 5) is 0. The first kappa shape index (κ1) is 12.2. The molecule has 17 heavy (non-hydrogen) atoms. The maximum Gasteiger partial charge on any atom is 0.127 e. The molecule has 90 valence electrons. The molecule has 0 unspecified atom stereocenters. The van der Waals surface area contributed by atoms with E-state index < -0.39 is 0 Å². The Morgan fingerprint density at radius 2 is 2.18 bits per heavy atom. The standard InChI is InChI=1S/C13H16BrN3/c1-2-3-6-11-9-13(15)17(16-11)12-7-4-5-10(14)8-12/h4-5,7-9H,2-3,6,15H2,1H3. The summed E-state index contributed by atoms with van der Waals surface area (Å²) < 4.78 is 2.82. The van der Waals surface area contributed by atoms with Gasteiger partial charge in [-0.25, -0.2) is 4.68 Å². The summed E-state index contributed by atoms with van der Waals surface area (Å²) in [6.45, 7) is 2.18. The quantitative estimate of drug-likeness (QED) is 0.937. The van der Waals surface area contributed by atoms with Crippen molar-refractivity contribution in [3.63, 3.8) is 0 Å². The summed E-state index contributed by atoms with van der Waals surface area (Å²) in [7, 11) is 0. The number of anilines is 1. The third-order valence-electron chi connectivity index (χ3n) is 2.63. The van der Waals surface area contributed by atoms with Gasteiger partial charge in [-0.05, 0) is 31.0 Å². The molecular weight excluding hydrogens is 278 g/mol. The van der Waals surface area contributed by atoms with Gasteiger partial charge in [0.1, 0.15) is 5.82 Å². The summed E-state index contributed by atoms with van der Waals surface area (Å²) in [5.41, 5.74) is 8.03. The predicted octanol–water partition coefficient (Wildman–Crippen LogP) is 3.56. The number of benzene rings is 1. The summed E-state index contributed by atoms with van der Waals surface area (Å²) >= 11 is 3.45. The van der Waals surface area contributed by atoms with E-state index in [4.69, 9.17) is 5.73 Å². The monoisotopic (exact) mass is 293 g/mol. The molecule has 1 aromatic carbocycles. The highest BCUT2D eigenvalue weighted by Crippen LogP contribution is 2.19. The third-order valence-corrected chi connectivity index (χ3v) is 3.12. The molecule has 3 nitrogen and oxygen atoms in total. The Balaban J connectivity index is 2.29. The maximum atomic E-state index is 5.98. The molecular formula is C13H16BrN3. The zero-order chi connectivity index (χ0) is 12.3. The highest BCUT2D eigenvalue weighted by molar-refractivity contribution is 9.10. The minimum absolute atomic E-state index is 0.689. The normalized spacial score (nSPS) is 10.7. The van der Waals surface area contributed by atoms with E-state index in [2.05, 4.69) is 28.0 Å². The van der Waals surface area contributed by atoms with Crippen molar-refractivity contribution in [1.82, 2.24) is 9.78 Å². The fourth-order valence-corrected chi connectivity index (χ4v) is 2.13. The minimum atomic E-state index is 0.689. The molecule has 0 aliphatic rings. The van der Waals surface area contributed by atoms with Gasteiger partial charge in [0.15, 0.2) is 0 Å². The molecule has 0 atom stereocenters. The average molecular weight is 294 g/mol. The molecule has 0 saturated heterocycles. The van der Waals surface area contributed by atoms with E-state index in [0.29, 0.717) is 5.82 Å². The first-order chi connectivity index (χ1) is 8.20. The second-order valence-corrected chi connectivity index (χ2v) is 4.97. The van der Waals surface area contributed by atoms with Crippen molar-refractivity contribution in [3.05, 3.63) is 40.5 Å². The lowest BCUT2D eigenvalue weighted by atomic mass is 10.2. The lowest BCUT2D eigenvalue weighted by molar-refractivity contribution is 0.753. The second kappa shape index (κ2) is 5.36. The molecule has 0 amide bonds. The Bertz CT molecular complexity index is 505. The summed E-state index contributed by atoms with van der Waals surface area (Å²) in [5, 5.41) is 4.53. The zero-order valence-corrected chi connectivity index (χ0v) is 11.4. The van der Waals surface area contributed by atoms with Gasteiger partial charge >= 0.3 is 0 Å². The fourth-order valence-electron chi connectivity index (χ4n) is 1.74. The van der Waals surface area contributed by atoms with Crippen LogP contribution in [0.25, 0.3) is 5.69 Å². The summed E-state index contributed by atoms with van der Waals surface area (Å²) in [6, 6.07) is 9.93. The molecule has 2 rings (SSSR count). The number of nitrogens with zero attached hydrogens (tertiary/aromatic N) is 2. The van der Waals surface area contributed by atoms with Gasteiger partial charge in [0.25, 0.3) is 0 Å². The number of nitrogens with two attached hydrogens (primary N) is 1. The molecule has 1 aromatic heterocycles. The number of halogens is 1. The van der Waals surface area contributed by atoms with E-state index in [1.54, 1.807) is 4.68 Å². The number of hydrogen-bond donors (Lipinski definition) is 1. The highest BCUT2D eigenvalue weighted by atomic mass is 79.9. The van der Waals surface area contributed by atoms with Crippen LogP contribution in [0, 0.1) is 0 Å². The Labute approximate surface area is 110 Å². The van der Waals surface area contributed by atoms with Crippen molar-refractivity contribution < 1.29 is 0 Å². The lowest BCUT2D eigenvalue weighted by Gasteiger charge is -2.03. The van der Waals surface area contributed by atoms with E-state index in [-0.39, 0.29) is 0 Å². The van der Waals surface area contributed by atoms with Crippen LogP contribution in [-0.2, 0) is 6.42 Å². The molecule has 1 heterocycles. The number of nitrogen functional groups attached to an aromatic ring is 1. The Kier molecular flexibility index (Phi) is 3.84. The van der Waals surface area contributed by atoms with Gasteiger partial charge in [-0.3, -0.25) is 0 Å². The van der Waals surface area contributed by atoms with Gasteiger partial charge in [-0.1, -0.05) is 35.3 Å². The largest absolute Gasteiger partial charge is 0.384 e. The predicted molar refractivity (Wildman–Crippen MR) is 74.3 cm³/mol. The molecule has 0 saturated carbocycles. The van der Waals surface area contributed by atoms with Crippen LogP contribution in [-0.4, -0.2) is 9.78 Å². The van der Waals surface area contributed by atoms with Gasteiger partial charge in [0.05, 0.1) is 11.4 Å². The molecule has 0 aliphatic heterocycles. The van der Waals surface area contributed by atoms with Crippen LogP contribution in [0.4, 0.5) is 5.82 Å². The first-order valence-electron chi connectivity index (χ1n) is 5.81. The van der Waals surface area contributed by atoms with E-state index >= 15 is 0 Å². The van der Waals surface area contributed by atoms with Gasteiger partial charge in [-0.2, -0.15) is 5.10 Å². The summed E-state index contributed by atoms with van der Waals surface area (Å²) in [5.74, 6) is 0.689. The SMILES string of the molecule is CCCCc1cc(N)n(-c2cccc(Br)c2)n1. The maximum absolute atomic E-state index is 5.98. The molecule has 0 radical (unpaired) electrons. The van der Waals surface area contributed by atoms with E-state index in [9.17, 15) is 0 Å². The van der Waals surface area contributed by atoms with E-state index in [1.165, 1.54) is 6.42 Å². The van der Waals surface area contributed by atoms with Crippen molar-refractivity contribution >= 4 is 21.7 Å². The van der Waals surface area contributed by atoms with Crippen LogP contribution < -0.4 is 5.73 Å². The number of aryl methyl sites for hydroxylation is 1. The zero-order valence-electron chi connectivity index (χ0n) is 9.86. The van der Waals surface area contributed by atoms with Crippen LogP contribution in [0.1, 0.15) is 25.5 Å². The van der Waals surface area contributed by atoms with Crippen LogP contribution in [0.5, 0.6) is 0 Å². The smallest absolute Gasteiger partial charge is 0.127 e. The molecule has 2 N–H and O–H groups in total. The highest BCUT2D eigenvalue weighted by Gasteiger charge is 2.06. The van der Waals surface area contributed by atoms with Crippen molar-refractivity contribution in [2.24, 2.45) is 0 Å². The van der Waals surface area contributed by atoms with Crippen LogP contribution in [0.15, 0.2) is 34.8 Å². The summed E-state index contributed by atoms with van der Waals surface area (Å²) in [6.07, 6.45) is 3.31. The third kappa shape index (κ3) is 2.88. The number of hydrogen-bond acceptors (Lipinski definition) is 2. The number of unbranched alkanes of at least 4 members (excludes halogenated alkanes) is 1. The van der Waals surface area contributed by atoms with Crippen LogP contribution >= 0.6 is 15.9 Å². The molecule has 0 bridgehead atoms. The van der Waals surface area contributed by atoms with Crippen molar-refractivity contribution in [1.29, 1.82) is 0 Å². The Hall–Kier alpha value is -1.29. The fraction of sp³-hybridized carbons (Fsp3) is 0.308. The number of rotatable bonds is 4. The van der Waals surface area contributed by atoms with Gasteiger partial charge in [0.2, 0.25) is 0 Å². The molecule has 4 heteroatoms. The van der Waals surface area contributed by atoms with Gasteiger partial charge in [-0.15, -0.1) is 0 Å². The van der Waals surface area contributed by atoms with Gasteiger partial charge in [0, 0.05) is 10.5 Å². The van der Waals surface area contributed by atoms with Crippen molar-refractivity contribution in [2.45, 2.75) is 26.2 Å². The van der Waals surface area contributed by atoms with Crippen molar-refractivity contribution in [2.75, 3.05) is 5.73 Å². The minimum Gasteiger partial charge on any atom is -0.384 e. The second-order valence-electron chi connectivity index (χ2n) is 4.06. The molecule has 2 aromatic rings. The van der Waals surface area contributed by atoms with Crippen LogP contribution in [0.2, 0.25) is 0 Å². The molecule has 0 aliphatic carbocycles.